The lowest BCUT2D eigenvalue weighted by atomic mass is 9.84. The van der Waals surface area contributed by atoms with Gasteiger partial charge in [-0.2, -0.15) is 0 Å². The highest BCUT2D eigenvalue weighted by Gasteiger charge is 2.32. The maximum atomic E-state index is 11.4. The first-order valence-corrected chi connectivity index (χ1v) is 40.8. The Labute approximate surface area is 626 Å². The quantitative estimate of drug-likeness (QED) is 0.121. The number of allylic oxidation sites excluding steroid dienone is 2. The van der Waals surface area contributed by atoms with E-state index < -0.39 is 0 Å². The van der Waals surface area contributed by atoms with E-state index >= 15 is 0 Å². The lowest BCUT2D eigenvalue weighted by Gasteiger charge is -2.19. The summed E-state index contributed by atoms with van der Waals surface area (Å²) in [4.78, 5) is 11.4. The van der Waals surface area contributed by atoms with E-state index in [2.05, 4.69) is 243 Å². The van der Waals surface area contributed by atoms with Crippen LogP contribution in [0.4, 0.5) is 11.4 Å². The molecule has 102 heavy (non-hydrogen) atoms. The Bertz CT molecular complexity index is 4210. The second kappa shape index (κ2) is 48.8. The van der Waals surface area contributed by atoms with E-state index in [0.717, 1.165) is 35.3 Å². The number of thiophene rings is 2. The minimum atomic E-state index is 0.0835. The minimum Gasteiger partial charge on any atom is -0.464 e. The molecule has 0 saturated carbocycles. The fourth-order valence-electron chi connectivity index (χ4n) is 11.6. The molecule has 0 spiro atoms. The number of anilines is 2. The van der Waals surface area contributed by atoms with Gasteiger partial charge in [0.15, 0.2) is 0 Å². The van der Waals surface area contributed by atoms with Gasteiger partial charge in [-0.25, -0.2) is 0 Å². The Kier molecular flexibility index (Phi) is 42.2. The topological polar surface area (TPSA) is 67.4 Å². The Morgan fingerprint density at radius 2 is 0.961 bits per heavy atom. The highest BCUT2D eigenvalue weighted by Crippen LogP contribution is 2.44. The van der Waals surface area contributed by atoms with Crippen LogP contribution in [-0.2, 0) is 4.79 Å². The van der Waals surface area contributed by atoms with Crippen LogP contribution in [0.5, 0.6) is 0 Å². The molecular weight excluding hydrogens is 1280 g/mol. The molecule has 0 radical (unpaired) electrons. The number of para-hydroxylation sites is 2. The van der Waals surface area contributed by atoms with E-state index in [1.165, 1.54) is 111 Å². The van der Waals surface area contributed by atoms with Gasteiger partial charge in [0.25, 0.3) is 0 Å². The Morgan fingerprint density at radius 1 is 0.441 bits per heavy atom. The van der Waals surface area contributed by atoms with Crippen LogP contribution in [0, 0.1) is 5.92 Å². The molecule has 0 bridgehead atoms. The molecule has 8 aromatic carbocycles. The van der Waals surface area contributed by atoms with E-state index in [9.17, 15) is 4.79 Å². The minimum absolute atomic E-state index is 0.0835. The van der Waals surface area contributed by atoms with Gasteiger partial charge in [-0.15, -0.1) is 22.7 Å². The number of benzene rings is 8. The molecule has 5 nitrogen and oxygen atoms in total. The number of nitrogens with one attached hydrogen (secondary N) is 2. The van der Waals surface area contributed by atoms with Crippen molar-refractivity contribution in [1.29, 1.82) is 0 Å². The monoisotopic (exact) mass is 1410 g/mol. The fraction of sp³-hybridized carbons (Fsp3) is 0.400. The van der Waals surface area contributed by atoms with Crippen LogP contribution in [0.1, 0.15) is 274 Å². The van der Waals surface area contributed by atoms with E-state index in [1.807, 2.05) is 168 Å². The Hall–Kier alpha value is -7.97. The molecule has 2 aliphatic rings. The second-order valence-corrected chi connectivity index (χ2v) is 26.6. The number of amides is 1. The predicted molar refractivity (Wildman–Crippen MR) is 462 cm³/mol. The van der Waals surface area contributed by atoms with Gasteiger partial charge in [0.05, 0.1) is 12.3 Å². The first kappa shape index (κ1) is 88.2. The van der Waals surface area contributed by atoms with Crippen LogP contribution in [0.25, 0.3) is 63.2 Å². The summed E-state index contributed by atoms with van der Waals surface area (Å²) in [6.45, 7) is 50.5. The summed E-state index contributed by atoms with van der Waals surface area (Å²) in [5, 5.41) is 16.5. The van der Waals surface area contributed by atoms with Crippen LogP contribution in [0.3, 0.4) is 0 Å². The zero-order valence-electron chi connectivity index (χ0n) is 67.2. The van der Waals surface area contributed by atoms with Crippen molar-refractivity contribution >= 4 is 103 Å². The summed E-state index contributed by atoms with van der Waals surface area (Å²) in [6, 6.07) is 64.4. The Balaban J connectivity index is 0.000000310. The van der Waals surface area contributed by atoms with Crippen molar-refractivity contribution < 1.29 is 13.6 Å². The van der Waals surface area contributed by atoms with E-state index in [1.54, 1.807) is 6.26 Å². The summed E-state index contributed by atoms with van der Waals surface area (Å²) in [5.41, 5.74) is 13.9. The highest BCUT2D eigenvalue weighted by atomic mass is 32.1. The molecule has 0 fully saturated rings. The van der Waals surface area contributed by atoms with Gasteiger partial charge in [-0.05, 0) is 173 Å². The van der Waals surface area contributed by atoms with Crippen molar-refractivity contribution in [2.75, 3.05) is 10.6 Å². The van der Waals surface area contributed by atoms with Crippen LogP contribution in [0.2, 0.25) is 0 Å². The third-order valence-corrected chi connectivity index (χ3v) is 20.8. The van der Waals surface area contributed by atoms with Crippen molar-refractivity contribution in [2.45, 2.75) is 246 Å². The Morgan fingerprint density at radius 3 is 1.60 bits per heavy atom. The summed E-state index contributed by atoms with van der Waals surface area (Å²) in [6.07, 6.45) is 17.5. The maximum Gasteiger partial charge on any atom is 0.227 e. The largest absolute Gasteiger partial charge is 0.464 e. The van der Waals surface area contributed by atoms with E-state index in [0.29, 0.717) is 41.5 Å². The zero-order valence-corrected chi connectivity index (χ0v) is 68.8. The van der Waals surface area contributed by atoms with Gasteiger partial charge in [-0.1, -0.05) is 312 Å². The van der Waals surface area contributed by atoms with Gasteiger partial charge in [0.2, 0.25) is 5.91 Å². The molecule has 550 valence electrons. The molecule has 4 aromatic heterocycles. The SMILES string of the molecule is CC.CC.CC.CC.CC.CC.CCC(C)C(=O)Nc1ccccc1.CCC(C)c1ccc2c(c1)oc1ccccc12.CCC(C)c1ccc2ccoc2c1.CCC(C)c1ccc2sccc2c1.CCC(C)c1cccc2c1C1C=CC=CC1N2.CCC(C)c1cccc2c1sc1ccccc12. The van der Waals surface area contributed by atoms with Gasteiger partial charge < -0.3 is 19.5 Å². The summed E-state index contributed by atoms with van der Waals surface area (Å²) >= 11 is 3.75. The van der Waals surface area contributed by atoms with E-state index in [-0.39, 0.29) is 11.8 Å². The molecule has 1 aliphatic carbocycles. The molecule has 12 aromatic rings. The average Bonchev–Trinajstić information content (AvgIpc) is 1.63. The second-order valence-electron chi connectivity index (χ2n) is 24.6. The standard InChI is InChI=1S/C16H19N.C16H16O.C16H16S.C12H14O.C12H14S.C11H15NO.6C2H6/c1-3-11(2)12-8-6-10-15-16(12)13-7-4-5-9-14(13)17-15;1-3-11(2)12-8-9-14-13-6-4-5-7-15(13)17-16(14)10-12;1-3-11(2)12-8-6-9-14-13-7-4-5-10-15(13)17-16(12)14;1-3-9(2)11-5-4-10-6-7-13-12(10)8-11;1-3-9(2)10-4-5-12-11(8-10)6-7-13-12;1-3-9(2)11(13)12-10-7-5-4-6-8-10;6*1-2/h4-11,13-14,17H,3H2,1-2H3;2*4-11H,3H2,1-2H3;2*4-9H,3H2,1-2H3;4-9H,3H2,1-2H3,(H,12,13);6*1-2H3. The molecule has 1 aliphatic heterocycles. The lowest BCUT2D eigenvalue weighted by Crippen LogP contribution is -2.19. The molecule has 0 saturated heterocycles. The number of fused-ring (bicyclic) bond motifs is 11. The number of carbonyl (C=O) groups is 1. The molecule has 2 N–H and O–H groups in total. The maximum absolute atomic E-state index is 11.4. The third kappa shape index (κ3) is 24.6. The van der Waals surface area contributed by atoms with Crippen molar-refractivity contribution in [1.82, 2.24) is 0 Å². The number of carbonyl (C=O) groups excluding carboxylic acids is 1. The fourth-order valence-corrected chi connectivity index (χ4v) is 13.7. The van der Waals surface area contributed by atoms with Gasteiger partial charge in [0, 0.05) is 64.2 Å². The number of hydrogen-bond acceptors (Lipinski definition) is 6. The number of furan rings is 2. The molecule has 8 unspecified atom stereocenters. The van der Waals surface area contributed by atoms with Gasteiger partial charge in [0.1, 0.15) is 16.7 Å². The molecular formula is C95H130N2O3S2. The first-order valence-electron chi connectivity index (χ1n) is 39.1. The normalized spacial score (nSPS) is 14.1. The molecule has 1 amide bonds. The third-order valence-electron chi connectivity index (χ3n) is 18.7. The summed E-state index contributed by atoms with van der Waals surface area (Å²) < 4.78 is 15.5. The number of hydrogen-bond donors (Lipinski definition) is 2. The average molecular weight is 1410 g/mol. The van der Waals surface area contributed by atoms with Crippen LogP contribution < -0.4 is 10.6 Å². The van der Waals surface area contributed by atoms with Crippen molar-refractivity contribution in [3.05, 3.63) is 251 Å². The zero-order chi connectivity index (χ0) is 75.7. The van der Waals surface area contributed by atoms with Crippen LogP contribution >= 0.6 is 22.7 Å². The van der Waals surface area contributed by atoms with Crippen molar-refractivity contribution in [2.24, 2.45) is 5.92 Å². The van der Waals surface area contributed by atoms with Crippen molar-refractivity contribution in [3.63, 3.8) is 0 Å². The molecule has 14 rings (SSSR count). The van der Waals surface area contributed by atoms with Crippen LogP contribution in [0.15, 0.2) is 227 Å². The van der Waals surface area contributed by atoms with E-state index in [4.69, 9.17) is 8.83 Å². The number of rotatable bonds is 13. The highest BCUT2D eigenvalue weighted by molar-refractivity contribution is 7.26. The molecule has 8 atom stereocenters. The predicted octanol–water partition coefficient (Wildman–Crippen LogP) is 32.1. The first-order chi connectivity index (χ1) is 49.8. The van der Waals surface area contributed by atoms with Gasteiger partial charge >= 0.3 is 0 Å². The summed E-state index contributed by atoms with van der Waals surface area (Å²) in [5.74, 6) is 3.89. The smallest absolute Gasteiger partial charge is 0.227 e. The summed E-state index contributed by atoms with van der Waals surface area (Å²) in [7, 11) is 0. The molecule has 7 heteroatoms. The molecule has 5 heterocycles. The van der Waals surface area contributed by atoms with Gasteiger partial charge in [-0.3, -0.25) is 4.79 Å². The lowest BCUT2D eigenvalue weighted by molar-refractivity contribution is -0.119. The van der Waals surface area contributed by atoms with Crippen LogP contribution in [-0.4, -0.2) is 11.9 Å². The van der Waals surface area contributed by atoms with Crippen molar-refractivity contribution in [3.8, 4) is 0 Å².